The summed E-state index contributed by atoms with van der Waals surface area (Å²) in [4.78, 5) is 100. The van der Waals surface area contributed by atoms with Gasteiger partial charge < -0.3 is 56.4 Å². The molecule has 3 aliphatic heterocycles. The molecule has 10 N–H and O–H groups in total. The molecule has 0 aliphatic carbocycles. The number of benzene rings is 1. The number of ether oxygens (including phenoxy) is 1. The number of carboxylic acid groups (broad SMARTS) is 3. The van der Waals surface area contributed by atoms with Crippen molar-refractivity contribution in [3.05, 3.63) is 46.6 Å². The maximum absolute atomic E-state index is 13.5. The molecule has 1 aromatic carbocycles. The summed E-state index contributed by atoms with van der Waals surface area (Å²) in [5, 5.41) is 42.6. The number of rotatable bonds is 30. The average Bonchev–Trinajstić information content (AvgIpc) is 3.42. The Balaban J connectivity index is 1.00. The number of nitrogens with one attached hydrogen (secondary N) is 6. The summed E-state index contributed by atoms with van der Waals surface area (Å²) in [5.41, 5.74) is 2.59. The number of amides is 4. The summed E-state index contributed by atoms with van der Waals surface area (Å²) in [6.45, 7) is 9.23. The van der Waals surface area contributed by atoms with Gasteiger partial charge in [-0.2, -0.15) is 13.1 Å². The Kier molecular flexibility index (Phi) is 26.4. The van der Waals surface area contributed by atoms with E-state index in [0.29, 0.717) is 78.0 Å². The fourth-order valence-corrected chi connectivity index (χ4v) is 12.4. The summed E-state index contributed by atoms with van der Waals surface area (Å²) in [7, 11) is -9.18. The number of hydrogen-bond acceptors (Lipinski definition) is 18. The summed E-state index contributed by atoms with van der Waals surface area (Å²) in [6.07, 6.45) is 5.03. The molecule has 2 fully saturated rings. The zero-order valence-corrected chi connectivity index (χ0v) is 47.9. The Bertz CT molecular complexity index is 2700. The second kappa shape index (κ2) is 32.5. The molecule has 0 radical (unpaired) electrons. The molecule has 452 valence electrons. The lowest BCUT2D eigenvalue weighted by Gasteiger charge is -2.37. The molecular formula is C52H81N11O16S2. The molecule has 4 heterocycles. The number of carboxylic acids is 3. The van der Waals surface area contributed by atoms with Crippen LogP contribution in [0.4, 0.5) is 5.82 Å². The minimum absolute atomic E-state index is 0.0259. The number of carbonyl (C=O) groups is 7. The highest BCUT2D eigenvalue weighted by molar-refractivity contribution is 7.89. The van der Waals surface area contributed by atoms with Crippen LogP contribution in [0.15, 0.2) is 29.2 Å². The van der Waals surface area contributed by atoms with Gasteiger partial charge >= 0.3 is 17.9 Å². The SMILES string of the molecule is Cc1cc(OCCCC(=O)NCCNC(=O)[C@H](CS(=O)(=O)O)NC(=O)CCC(C(=O)O)N2CCCN3CCN(CCCN(CC(=O)O)CC3)CC2)cc(C)c1S(=O)(=O)N[C@@H](CNC(=O)CCCCc1ccc2c(n1)NCCC2)C(=O)O. The average molecular weight is 1180 g/mol. The van der Waals surface area contributed by atoms with Crippen molar-refractivity contribution in [1.82, 2.24) is 50.6 Å². The van der Waals surface area contributed by atoms with Crippen LogP contribution in [0.1, 0.15) is 86.6 Å². The van der Waals surface area contributed by atoms with Gasteiger partial charge in [0.1, 0.15) is 35.4 Å². The largest absolute Gasteiger partial charge is 0.494 e. The van der Waals surface area contributed by atoms with E-state index in [0.717, 1.165) is 50.4 Å². The number of unbranched alkanes of at least 4 members (excludes halogenated alkanes) is 1. The van der Waals surface area contributed by atoms with Crippen molar-refractivity contribution >= 4 is 67.5 Å². The van der Waals surface area contributed by atoms with Crippen LogP contribution >= 0.6 is 0 Å². The molecule has 3 unspecified atom stereocenters. The van der Waals surface area contributed by atoms with Gasteiger partial charge in [0, 0.05) is 103 Å². The van der Waals surface area contributed by atoms with E-state index in [1.165, 1.54) is 31.5 Å². The van der Waals surface area contributed by atoms with Gasteiger partial charge in [-0.1, -0.05) is 6.07 Å². The van der Waals surface area contributed by atoms with Crippen LogP contribution in [-0.4, -0.2) is 231 Å². The Morgan fingerprint density at radius 1 is 0.716 bits per heavy atom. The third-order valence-corrected chi connectivity index (χ3v) is 16.7. The fraction of sp³-hybridized carbons (Fsp3) is 0.654. The van der Waals surface area contributed by atoms with Gasteiger partial charge in [0.25, 0.3) is 10.1 Å². The van der Waals surface area contributed by atoms with Crippen LogP contribution < -0.4 is 36.0 Å². The van der Waals surface area contributed by atoms with E-state index in [9.17, 15) is 70.3 Å². The second-order valence-electron chi connectivity index (χ2n) is 20.7. The van der Waals surface area contributed by atoms with E-state index in [1.54, 1.807) is 4.90 Å². The van der Waals surface area contributed by atoms with Gasteiger partial charge in [-0.25, -0.2) is 13.4 Å². The molecule has 4 amide bonds. The number of aryl methyl sites for hydroxylation is 4. The topological polar surface area (TPSA) is 376 Å². The van der Waals surface area contributed by atoms with Crippen molar-refractivity contribution in [3.8, 4) is 5.75 Å². The van der Waals surface area contributed by atoms with Crippen LogP contribution in [0.5, 0.6) is 5.75 Å². The normalized spacial score (nSPS) is 18.6. The van der Waals surface area contributed by atoms with E-state index in [2.05, 4.69) is 52.2 Å². The number of fused-ring (bicyclic) bond motifs is 4. The molecule has 0 spiro atoms. The van der Waals surface area contributed by atoms with E-state index in [-0.39, 0.29) is 80.1 Å². The molecule has 27 nitrogen and oxygen atoms in total. The monoisotopic (exact) mass is 1180 g/mol. The second-order valence-corrected chi connectivity index (χ2v) is 23.8. The zero-order valence-electron chi connectivity index (χ0n) is 46.3. The molecule has 5 rings (SSSR count). The summed E-state index contributed by atoms with van der Waals surface area (Å²) in [6, 6.07) is 2.47. The minimum atomic E-state index is -4.79. The van der Waals surface area contributed by atoms with Crippen LogP contribution in [0, 0.1) is 13.8 Å². The van der Waals surface area contributed by atoms with E-state index >= 15 is 0 Å². The summed E-state index contributed by atoms with van der Waals surface area (Å²) < 4.78 is 68.3. The van der Waals surface area contributed by atoms with Crippen LogP contribution in [0.3, 0.4) is 0 Å². The molecule has 81 heavy (non-hydrogen) atoms. The molecular weight excluding hydrogens is 1100 g/mol. The van der Waals surface area contributed by atoms with Gasteiger partial charge in [0.15, 0.2) is 0 Å². The van der Waals surface area contributed by atoms with Gasteiger partial charge in [0.05, 0.1) is 18.0 Å². The number of pyridine rings is 1. The van der Waals surface area contributed by atoms with Gasteiger partial charge in [0.2, 0.25) is 33.7 Å². The minimum Gasteiger partial charge on any atom is -0.494 e. The molecule has 29 heteroatoms. The van der Waals surface area contributed by atoms with Crippen molar-refractivity contribution in [3.63, 3.8) is 0 Å². The number of aliphatic carboxylic acids is 3. The summed E-state index contributed by atoms with van der Waals surface area (Å²) >= 11 is 0. The third kappa shape index (κ3) is 23.4. The highest BCUT2D eigenvalue weighted by Crippen LogP contribution is 2.27. The summed E-state index contributed by atoms with van der Waals surface area (Å²) in [5.74, 6) is -6.14. The van der Waals surface area contributed by atoms with Crippen LogP contribution in [-0.2, 0) is 66.5 Å². The first kappa shape index (κ1) is 65.7. The highest BCUT2D eigenvalue weighted by Gasteiger charge is 2.32. The van der Waals surface area contributed by atoms with Crippen molar-refractivity contribution in [2.45, 2.75) is 114 Å². The van der Waals surface area contributed by atoms with Gasteiger partial charge in [-0.05, 0) is 120 Å². The van der Waals surface area contributed by atoms with E-state index in [1.807, 2.05) is 11.0 Å². The maximum Gasteiger partial charge on any atom is 0.323 e. The lowest BCUT2D eigenvalue weighted by molar-refractivity contribution is -0.144. The van der Waals surface area contributed by atoms with Gasteiger partial charge in [-0.3, -0.25) is 47.9 Å². The van der Waals surface area contributed by atoms with E-state index < -0.39 is 92.1 Å². The smallest absolute Gasteiger partial charge is 0.323 e. The Morgan fingerprint density at radius 2 is 1.37 bits per heavy atom. The molecule has 5 atom stereocenters. The molecule has 2 aromatic rings. The van der Waals surface area contributed by atoms with Crippen LogP contribution in [0.25, 0.3) is 0 Å². The first-order chi connectivity index (χ1) is 38.5. The van der Waals surface area contributed by atoms with Crippen molar-refractivity contribution in [2.75, 3.05) is 116 Å². The van der Waals surface area contributed by atoms with Crippen molar-refractivity contribution < 1.29 is 75.0 Å². The van der Waals surface area contributed by atoms with Crippen LogP contribution in [0.2, 0.25) is 0 Å². The molecule has 0 saturated carbocycles. The number of sulfonamides is 1. The van der Waals surface area contributed by atoms with Gasteiger partial charge in [-0.15, -0.1) is 0 Å². The molecule has 2 saturated heterocycles. The predicted octanol–water partition coefficient (Wildman–Crippen LogP) is -0.585. The molecule has 2 bridgehead atoms. The Morgan fingerprint density at radius 3 is 2.05 bits per heavy atom. The number of hydrogen-bond donors (Lipinski definition) is 10. The number of nitrogens with zero attached hydrogens (tertiary/aromatic N) is 5. The zero-order chi connectivity index (χ0) is 59.1. The fourth-order valence-electron chi connectivity index (χ4n) is 10.1. The standard InChI is InChI=1S/C52H81N11O16S2/c1-36-31-40(32-37(2)48(36)81(77,78)59-41(51(70)71)33-56-45(65)11-4-3-10-39-14-13-38-9-5-17-54-49(38)57-39)79-30-6-12-44(64)53-18-19-55-50(69)42(35-80(74,75)76)58-46(66)16-15-43(52(72)73)63-23-8-21-60-24-25-61(28-29-63)20-7-22-62(27-26-60)34-47(67)68/h13-14,31-32,41-43,59H,3-12,15-30,33-35H2,1-2H3,(H,53,64)(H,54,57)(H,55,69)(H,56,65)(H,58,66)(H,67,68)(H,70,71)(H,72,73)(H,74,75,76)/t41-,42-,43?/m0/s1. The lowest BCUT2D eigenvalue weighted by Crippen LogP contribution is -2.52. The quantitative estimate of drug-likeness (QED) is 0.0345. The maximum atomic E-state index is 13.5. The first-order valence-corrected chi connectivity index (χ1v) is 30.7. The molecule has 3 aliphatic rings. The van der Waals surface area contributed by atoms with Crippen molar-refractivity contribution in [1.29, 1.82) is 0 Å². The number of aromatic nitrogens is 1. The number of anilines is 1. The third-order valence-electron chi connectivity index (χ3n) is 14.2. The van der Waals surface area contributed by atoms with Crippen molar-refractivity contribution in [2.24, 2.45) is 0 Å². The highest BCUT2D eigenvalue weighted by atomic mass is 32.2. The molecule has 1 aromatic heterocycles. The lowest BCUT2D eigenvalue weighted by atomic mass is 10.1. The predicted molar refractivity (Wildman–Crippen MR) is 297 cm³/mol. The number of carbonyl (C=O) groups excluding carboxylic acids is 4. The Labute approximate surface area is 473 Å². The Hall–Kier alpha value is -6.08. The van der Waals surface area contributed by atoms with E-state index in [4.69, 9.17) is 4.74 Å². The first-order valence-electron chi connectivity index (χ1n) is 27.6.